The van der Waals surface area contributed by atoms with Crippen molar-refractivity contribution in [2.75, 3.05) is 13.7 Å². The van der Waals surface area contributed by atoms with Gasteiger partial charge in [-0.2, -0.15) is 0 Å². The number of thiol groups is 1. The van der Waals surface area contributed by atoms with Gasteiger partial charge in [0.2, 0.25) is 0 Å². The molecule has 1 aromatic rings. The predicted molar refractivity (Wildman–Crippen MR) is 62.4 cm³/mol. The molecule has 0 amide bonds. The summed E-state index contributed by atoms with van der Waals surface area (Å²) in [5.74, 6) is 0. The second-order valence-electron chi connectivity index (χ2n) is 3.84. The van der Waals surface area contributed by atoms with Gasteiger partial charge in [-0.1, -0.05) is 12.1 Å². The smallest absolute Gasteiger partial charge is 0.0850 e. The standard InChI is InChI=1S/C12H16O2S/c1-13-10-5-6-14-12(8-10)9-3-2-4-11(15)7-9/h2-4,7,10,12,15H,5-6,8H2,1H3. The summed E-state index contributed by atoms with van der Waals surface area (Å²) in [5, 5.41) is 0. The van der Waals surface area contributed by atoms with E-state index in [4.69, 9.17) is 9.47 Å². The molecule has 2 atom stereocenters. The first-order valence-electron chi connectivity index (χ1n) is 5.23. The molecule has 3 heteroatoms. The summed E-state index contributed by atoms with van der Waals surface area (Å²) in [6.07, 6.45) is 2.42. The lowest BCUT2D eigenvalue weighted by Gasteiger charge is -2.29. The van der Waals surface area contributed by atoms with E-state index < -0.39 is 0 Å². The van der Waals surface area contributed by atoms with Crippen LogP contribution in [0.15, 0.2) is 29.2 Å². The summed E-state index contributed by atoms with van der Waals surface area (Å²) < 4.78 is 11.1. The molecule has 0 spiro atoms. The fourth-order valence-electron chi connectivity index (χ4n) is 1.94. The van der Waals surface area contributed by atoms with Gasteiger partial charge in [-0.3, -0.25) is 0 Å². The van der Waals surface area contributed by atoms with Crippen molar-refractivity contribution < 1.29 is 9.47 Å². The van der Waals surface area contributed by atoms with Crippen LogP contribution in [0.5, 0.6) is 0 Å². The first kappa shape index (κ1) is 11.0. The molecule has 15 heavy (non-hydrogen) atoms. The van der Waals surface area contributed by atoms with Crippen molar-refractivity contribution in [3.63, 3.8) is 0 Å². The summed E-state index contributed by atoms with van der Waals surface area (Å²) >= 11 is 4.33. The molecule has 82 valence electrons. The van der Waals surface area contributed by atoms with Gasteiger partial charge in [0.05, 0.1) is 12.2 Å². The summed E-state index contributed by atoms with van der Waals surface area (Å²) in [6, 6.07) is 8.13. The number of hydrogen-bond donors (Lipinski definition) is 1. The Balaban J connectivity index is 2.09. The van der Waals surface area contributed by atoms with Crippen LogP contribution < -0.4 is 0 Å². The number of rotatable bonds is 2. The van der Waals surface area contributed by atoms with Gasteiger partial charge < -0.3 is 9.47 Å². The van der Waals surface area contributed by atoms with Gasteiger partial charge in [0.15, 0.2) is 0 Å². The molecule has 2 nitrogen and oxygen atoms in total. The normalized spacial score (nSPS) is 26.5. The Hall–Kier alpha value is -0.510. The van der Waals surface area contributed by atoms with E-state index in [0.29, 0.717) is 6.10 Å². The van der Waals surface area contributed by atoms with E-state index in [9.17, 15) is 0 Å². The Bertz CT molecular complexity index is 327. The van der Waals surface area contributed by atoms with E-state index in [-0.39, 0.29) is 6.10 Å². The molecule has 0 saturated carbocycles. The highest BCUT2D eigenvalue weighted by atomic mass is 32.1. The van der Waals surface area contributed by atoms with Crippen LogP contribution in [0.4, 0.5) is 0 Å². The Morgan fingerprint density at radius 2 is 2.33 bits per heavy atom. The van der Waals surface area contributed by atoms with Gasteiger partial charge in [0.1, 0.15) is 0 Å². The van der Waals surface area contributed by atoms with Crippen LogP contribution in [0.1, 0.15) is 24.5 Å². The van der Waals surface area contributed by atoms with Gasteiger partial charge >= 0.3 is 0 Å². The fraction of sp³-hybridized carbons (Fsp3) is 0.500. The van der Waals surface area contributed by atoms with E-state index >= 15 is 0 Å². The quantitative estimate of drug-likeness (QED) is 0.779. The SMILES string of the molecule is COC1CCOC(c2cccc(S)c2)C1. The molecular weight excluding hydrogens is 208 g/mol. The first-order valence-corrected chi connectivity index (χ1v) is 5.67. The van der Waals surface area contributed by atoms with Gasteiger partial charge in [-0.25, -0.2) is 0 Å². The van der Waals surface area contributed by atoms with E-state index in [1.807, 2.05) is 12.1 Å². The molecule has 0 aromatic heterocycles. The Labute approximate surface area is 96.0 Å². The van der Waals surface area contributed by atoms with Crippen LogP contribution in [0.3, 0.4) is 0 Å². The molecule has 1 aliphatic rings. The van der Waals surface area contributed by atoms with Gasteiger partial charge in [0.25, 0.3) is 0 Å². The zero-order valence-corrected chi connectivity index (χ0v) is 9.74. The molecule has 1 aromatic carbocycles. The average Bonchev–Trinajstić information content (AvgIpc) is 2.29. The molecule has 2 rings (SSSR count). The average molecular weight is 224 g/mol. The van der Waals surface area contributed by atoms with Crippen molar-refractivity contribution in [2.24, 2.45) is 0 Å². The minimum atomic E-state index is 0.163. The molecule has 1 saturated heterocycles. The predicted octanol–water partition coefficient (Wildman–Crippen LogP) is 2.84. The van der Waals surface area contributed by atoms with Crippen LogP contribution in [0.25, 0.3) is 0 Å². The number of methoxy groups -OCH3 is 1. The summed E-state index contributed by atoms with van der Waals surface area (Å²) in [7, 11) is 1.77. The van der Waals surface area contributed by atoms with Crippen molar-refractivity contribution in [3.8, 4) is 0 Å². The molecule has 1 aliphatic heterocycles. The third kappa shape index (κ3) is 2.74. The third-order valence-corrected chi connectivity index (χ3v) is 3.09. The minimum absolute atomic E-state index is 0.163. The highest BCUT2D eigenvalue weighted by molar-refractivity contribution is 7.80. The monoisotopic (exact) mass is 224 g/mol. The van der Waals surface area contributed by atoms with Crippen LogP contribution in [0.2, 0.25) is 0 Å². The molecule has 1 fully saturated rings. The van der Waals surface area contributed by atoms with Gasteiger partial charge in [0, 0.05) is 25.0 Å². The van der Waals surface area contributed by atoms with Crippen molar-refractivity contribution in [1.82, 2.24) is 0 Å². The lowest BCUT2D eigenvalue weighted by molar-refractivity contribution is -0.0599. The topological polar surface area (TPSA) is 18.5 Å². The molecular formula is C12H16O2S. The van der Waals surface area contributed by atoms with Crippen LogP contribution >= 0.6 is 12.6 Å². The largest absolute Gasteiger partial charge is 0.381 e. The molecule has 1 heterocycles. The van der Waals surface area contributed by atoms with Crippen molar-refractivity contribution >= 4 is 12.6 Å². The summed E-state index contributed by atoms with van der Waals surface area (Å²) in [5.41, 5.74) is 1.20. The second kappa shape index (κ2) is 5.01. The Morgan fingerprint density at radius 3 is 3.07 bits per heavy atom. The molecule has 0 radical (unpaired) electrons. The Morgan fingerprint density at radius 1 is 1.47 bits per heavy atom. The van der Waals surface area contributed by atoms with E-state index in [0.717, 1.165) is 24.3 Å². The van der Waals surface area contributed by atoms with Crippen molar-refractivity contribution in [2.45, 2.75) is 29.9 Å². The zero-order valence-electron chi connectivity index (χ0n) is 8.85. The van der Waals surface area contributed by atoms with Crippen LogP contribution in [0, 0.1) is 0 Å². The maximum absolute atomic E-state index is 5.74. The first-order chi connectivity index (χ1) is 7.29. The molecule has 0 N–H and O–H groups in total. The maximum atomic E-state index is 5.74. The molecule has 0 bridgehead atoms. The van der Waals surface area contributed by atoms with Crippen LogP contribution in [-0.2, 0) is 9.47 Å². The number of benzene rings is 1. The molecule has 2 unspecified atom stereocenters. The van der Waals surface area contributed by atoms with Crippen molar-refractivity contribution in [1.29, 1.82) is 0 Å². The number of ether oxygens (including phenoxy) is 2. The number of hydrogen-bond acceptors (Lipinski definition) is 3. The summed E-state index contributed by atoms with van der Waals surface area (Å²) in [4.78, 5) is 0.982. The maximum Gasteiger partial charge on any atom is 0.0850 e. The van der Waals surface area contributed by atoms with Crippen LogP contribution in [-0.4, -0.2) is 19.8 Å². The van der Waals surface area contributed by atoms with E-state index in [1.165, 1.54) is 5.56 Å². The van der Waals surface area contributed by atoms with Gasteiger partial charge in [-0.15, -0.1) is 12.6 Å². The zero-order chi connectivity index (χ0) is 10.7. The highest BCUT2D eigenvalue weighted by Gasteiger charge is 2.23. The van der Waals surface area contributed by atoms with E-state index in [1.54, 1.807) is 7.11 Å². The fourth-order valence-corrected chi connectivity index (χ4v) is 2.17. The summed E-state index contributed by atoms with van der Waals surface area (Å²) in [6.45, 7) is 0.778. The highest BCUT2D eigenvalue weighted by Crippen LogP contribution is 2.30. The van der Waals surface area contributed by atoms with E-state index in [2.05, 4.69) is 24.8 Å². The Kier molecular flexibility index (Phi) is 3.67. The van der Waals surface area contributed by atoms with Gasteiger partial charge in [-0.05, 0) is 24.1 Å². The van der Waals surface area contributed by atoms with Crippen molar-refractivity contribution in [3.05, 3.63) is 29.8 Å². The lowest BCUT2D eigenvalue weighted by Crippen LogP contribution is -2.25. The third-order valence-electron chi connectivity index (χ3n) is 2.81. The molecule has 0 aliphatic carbocycles. The minimum Gasteiger partial charge on any atom is -0.381 e. The lowest BCUT2D eigenvalue weighted by atomic mass is 9.99. The second-order valence-corrected chi connectivity index (χ2v) is 4.35.